The second kappa shape index (κ2) is 7.93. The molecule has 2 unspecified atom stereocenters. The second-order valence-electron chi connectivity index (χ2n) is 8.57. The Bertz CT molecular complexity index is 623. The summed E-state index contributed by atoms with van der Waals surface area (Å²) < 4.78 is 11.8. The summed E-state index contributed by atoms with van der Waals surface area (Å²) in [6, 6.07) is 10.7. The third-order valence-electron chi connectivity index (χ3n) is 5.29. The Balaban J connectivity index is 2.32. The van der Waals surface area contributed by atoms with E-state index in [1.165, 1.54) is 16.7 Å². The first kappa shape index (κ1) is 20.0. The number of hydrogen-bond acceptors (Lipinski definition) is 2. The number of allylic oxidation sites excluding steroid dienone is 4. The van der Waals surface area contributed by atoms with Gasteiger partial charge in [-0.1, -0.05) is 68.8 Å². The molecule has 0 heterocycles. The Kier molecular flexibility index (Phi) is 6.34. The van der Waals surface area contributed by atoms with Gasteiger partial charge in [0.15, 0.2) is 0 Å². The maximum Gasteiger partial charge on any atom is 0.283 e. The molecule has 0 aliphatic heterocycles. The van der Waals surface area contributed by atoms with Gasteiger partial charge in [0.1, 0.15) is 0 Å². The van der Waals surface area contributed by atoms with E-state index in [-0.39, 0.29) is 17.1 Å². The van der Waals surface area contributed by atoms with Crippen LogP contribution in [0, 0.1) is 5.41 Å². The van der Waals surface area contributed by atoms with Crippen LogP contribution in [0.3, 0.4) is 0 Å². The summed E-state index contributed by atoms with van der Waals surface area (Å²) in [6.07, 6.45) is 5.66. The number of hydrogen-bond donors (Lipinski definition) is 0. The zero-order valence-electron chi connectivity index (χ0n) is 16.9. The Labute approximate surface area is 154 Å². The quantitative estimate of drug-likeness (QED) is 0.644. The van der Waals surface area contributed by atoms with E-state index in [1.807, 2.05) is 0 Å². The molecular formula is C22H33BO2. The van der Waals surface area contributed by atoms with Gasteiger partial charge in [0.05, 0.1) is 11.7 Å². The lowest BCUT2D eigenvalue weighted by Crippen LogP contribution is -2.40. The van der Waals surface area contributed by atoms with Crippen LogP contribution in [-0.4, -0.2) is 26.3 Å². The molecule has 1 aromatic rings. The molecule has 0 N–H and O–H groups in total. The highest BCUT2D eigenvalue weighted by atomic mass is 16.5. The topological polar surface area (TPSA) is 18.5 Å². The average molecular weight is 340 g/mol. The monoisotopic (exact) mass is 340 g/mol. The normalized spacial score (nSPS) is 19.9. The molecule has 25 heavy (non-hydrogen) atoms. The van der Waals surface area contributed by atoms with Crippen molar-refractivity contribution in [1.82, 2.24) is 0 Å². The van der Waals surface area contributed by atoms with Gasteiger partial charge in [-0.15, -0.1) is 0 Å². The van der Waals surface area contributed by atoms with Crippen molar-refractivity contribution in [2.24, 2.45) is 5.41 Å². The molecule has 2 atom stereocenters. The lowest BCUT2D eigenvalue weighted by molar-refractivity contribution is -0.0421. The van der Waals surface area contributed by atoms with Crippen LogP contribution in [-0.2, 0) is 9.39 Å². The molecule has 2 nitrogen and oxygen atoms in total. The summed E-state index contributed by atoms with van der Waals surface area (Å²) in [5.74, 6) is 0.392. The minimum absolute atomic E-state index is 0.0577. The van der Waals surface area contributed by atoms with Crippen LogP contribution in [0.25, 0.3) is 5.57 Å². The Morgan fingerprint density at radius 1 is 1.08 bits per heavy atom. The van der Waals surface area contributed by atoms with Gasteiger partial charge in [0, 0.05) is 7.11 Å². The van der Waals surface area contributed by atoms with E-state index in [9.17, 15) is 0 Å². The van der Waals surface area contributed by atoms with Crippen LogP contribution in [0.1, 0.15) is 53.5 Å². The van der Waals surface area contributed by atoms with Crippen molar-refractivity contribution >= 4 is 13.1 Å². The second-order valence-corrected chi connectivity index (χ2v) is 8.57. The predicted molar refractivity (Wildman–Crippen MR) is 109 cm³/mol. The van der Waals surface area contributed by atoms with Gasteiger partial charge in [-0.25, -0.2) is 0 Å². The van der Waals surface area contributed by atoms with E-state index in [1.54, 1.807) is 7.11 Å². The van der Waals surface area contributed by atoms with Gasteiger partial charge in [0.25, 0.3) is 7.48 Å². The van der Waals surface area contributed by atoms with Crippen molar-refractivity contribution in [3.8, 4) is 0 Å². The van der Waals surface area contributed by atoms with Crippen LogP contribution in [0.5, 0.6) is 0 Å². The molecule has 0 saturated carbocycles. The molecule has 0 radical (unpaired) electrons. The zero-order valence-corrected chi connectivity index (χ0v) is 16.9. The molecule has 1 aromatic carbocycles. The van der Waals surface area contributed by atoms with Crippen molar-refractivity contribution in [2.45, 2.75) is 65.5 Å². The SMILES string of the molecule is COC(C)C(C)(C)OBC1CC=CC(c2ccccc2)=C1C(C)(C)C. The fourth-order valence-corrected chi connectivity index (χ4v) is 3.53. The first-order valence-electron chi connectivity index (χ1n) is 9.30. The molecule has 1 aliphatic rings. The lowest BCUT2D eigenvalue weighted by atomic mass is 9.61. The van der Waals surface area contributed by atoms with Crippen LogP contribution >= 0.6 is 0 Å². The molecular weight excluding hydrogens is 307 g/mol. The van der Waals surface area contributed by atoms with E-state index < -0.39 is 0 Å². The summed E-state index contributed by atoms with van der Waals surface area (Å²) in [5, 5.41) is 0. The maximum atomic E-state index is 6.34. The largest absolute Gasteiger partial charge is 0.432 e. The number of benzene rings is 1. The summed E-state index contributed by atoms with van der Waals surface area (Å²) in [6.45, 7) is 13.2. The summed E-state index contributed by atoms with van der Waals surface area (Å²) in [4.78, 5) is 0. The molecule has 0 aromatic heterocycles. The van der Waals surface area contributed by atoms with Crippen molar-refractivity contribution in [3.63, 3.8) is 0 Å². The predicted octanol–water partition coefficient (Wildman–Crippen LogP) is 5.42. The number of methoxy groups -OCH3 is 1. The molecule has 2 rings (SSSR count). The van der Waals surface area contributed by atoms with Gasteiger partial charge in [0.2, 0.25) is 0 Å². The summed E-state index contributed by atoms with van der Waals surface area (Å²) >= 11 is 0. The van der Waals surface area contributed by atoms with Crippen LogP contribution in [0.4, 0.5) is 0 Å². The Morgan fingerprint density at radius 3 is 2.28 bits per heavy atom. The smallest absolute Gasteiger partial charge is 0.283 e. The van der Waals surface area contributed by atoms with E-state index in [4.69, 9.17) is 9.39 Å². The van der Waals surface area contributed by atoms with Crippen LogP contribution < -0.4 is 0 Å². The number of ether oxygens (including phenoxy) is 1. The van der Waals surface area contributed by atoms with Crippen molar-refractivity contribution < 1.29 is 9.39 Å². The van der Waals surface area contributed by atoms with Gasteiger partial charge >= 0.3 is 0 Å². The molecule has 0 fully saturated rings. The molecule has 1 aliphatic carbocycles. The molecule has 136 valence electrons. The van der Waals surface area contributed by atoms with Gasteiger partial charge in [-0.2, -0.15) is 0 Å². The maximum absolute atomic E-state index is 6.34. The Hall–Kier alpha value is -1.32. The third kappa shape index (κ3) is 4.86. The zero-order chi connectivity index (χ0) is 18.7. The van der Waals surface area contributed by atoms with Crippen molar-refractivity contribution in [2.75, 3.05) is 7.11 Å². The van der Waals surface area contributed by atoms with E-state index in [0.717, 1.165) is 6.42 Å². The average Bonchev–Trinajstić information content (AvgIpc) is 2.58. The van der Waals surface area contributed by atoms with Crippen molar-refractivity contribution in [1.29, 1.82) is 0 Å². The summed E-state index contributed by atoms with van der Waals surface area (Å²) in [5.41, 5.74) is 3.93. The molecule has 0 spiro atoms. The van der Waals surface area contributed by atoms with Gasteiger partial charge in [-0.3, -0.25) is 0 Å². The van der Waals surface area contributed by atoms with E-state index in [0.29, 0.717) is 13.3 Å². The molecule has 0 saturated heterocycles. The van der Waals surface area contributed by atoms with Gasteiger partial charge < -0.3 is 9.39 Å². The highest BCUT2D eigenvalue weighted by Crippen LogP contribution is 2.45. The van der Waals surface area contributed by atoms with Crippen molar-refractivity contribution in [3.05, 3.63) is 53.6 Å². The highest BCUT2D eigenvalue weighted by molar-refractivity contribution is 6.32. The Morgan fingerprint density at radius 2 is 1.72 bits per heavy atom. The van der Waals surface area contributed by atoms with Crippen LogP contribution in [0.15, 0.2) is 48.1 Å². The molecule has 0 amide bonds. The van der Waals surface area contributed by atoms with E-state index >= 15 is 0 Å². The first-order valence-corrected chi connectivity index (χ1v) is 9.30. The van der Waals surface area contributed by atoms with E-state index in [2.05, 4.69) is 84.0 Å². The highest BCUT2D eigenvalue weighted by Gasteiger charge is 2.34. The van der Waals surface area contributed by atoms with Gasteiger partial charge in [-0.05, 0) is 49.6 Å². The number of rotatable bonds is 6. The molecule has 0 bridgehead atoms. The molecule has 3 heteroatoms. The third-order valence-corrected chi connectivity index (χ3v) is 5.29. The van der Waals surface area contributed by atoms with Crippen LogP contribution in [0.2, 0.25) is 5.82 Å². The fourth-order valence-electron chi connectivity index (χ4n) is 3.53. The first-order chi connectivity index (χ1) is 11.7. The standard InChI is InChI=1S/C22H33BO2/c1-16(24-7)22(5,6)25-23-19-15-11-14-18(20(19)21(2,3)4)17-12-9-8-10-13-17/h8-14,16,19,23H,15H2,1-7H3. The summed E-state index contributed by atoms with van der Waals surface area (Å²) in [7, 11) is 2.46. The fraction of sp³-hybridized carbons (Fsp3) is 0.545. The minimum Gasteiger partial charge on any atom is -0.432 e. The minimum atomic E-state index is -0.300. The lowest BCUT2D eigenvalue weighted by Gasteiger charge is -2.37.